The maximum Gasteiger partial charge on any atom is 0.407 e. The summed E-state index contributed by atoms with van der Waals surface area (Å²) < 4.78 is 21.8. The topological polar surface area (TPSA) is 90.9 Å². The molecule has 0 aliphatic heterocycles. The van der Waals surface area contributed by atoms with Crippen molar-refractivity contribution in [3.8, 4) is 17.2 Å². The van der Waals surface area contributed by atoms with Gasteiger partial charge in [-0.25, -0.2) is 9.78 Å². The van der Waals surface area contributed by atoms with Crippen LogP contribution in [0.5, 0.6) is 17.2 Å². The zero-order valence-corrected chi connectivity index (χ0v) is 20.5. The minimum atomic E-state index is -0.445. The number of rotatable bonds is 8. The van der Waals surface area contributed by atoms with E-state index in [1.54, 1.807) is 21.3 Å². The van der Waals surface area contributed by atoms with Crippen molar-refractivity contribution in [3.05, 3.63) is 60.2 Å². The fourth-order valence-corrected chi connectivity index (χ4v) is 3.82. The second-order valence-corrected chi connectivity index (χ2v) is 8.29. The molecule has 0 aliphatic rings. The molecule has 0 fully saturated rings. The molecule has 4 aromatic rings. The highest BCUT2D eigenvalue weighted by Crippen LogP contribution is 2.40. The SMILES string of the molecule is COc1ccc2c(Nc3cccc(COC(=O)NC(C)C)c3)c3cc(OC)c(OC)cc3nc2c1. The Hall–Kier alpha value is -4.20. The van der Waals surface area contributed by atoms with E-state index < -0.39 is 6.09 Å². The molecule has 0 unspecified atom stereocenters. The van der Waals surface area contributed by atoms with Crippen LogP contribution in [0.4, 0.5) is 16.2 Å². The minimum Gasteiger partial charge on any atom is -0.497 e. The fraction of sp³-hybridized carbons (Fsp3) is 0.259. The number of pyridine rings is 1. The van der Waals surface area contributed by atoms with Gasteiger partial charge in [-0.1, -0.05) is 12.1 Å². The molecule has 8 heteroatoms. The van der Waals surface area contributed by atoms with Crippen molar-refractivity contribution in [2.24, 2.45) is 0 Å². The molecule has 4 rings (SSSR count). The lowest BCUT2D eigenvalue weighted by molar-refractivity contribution is 0.137. The Labute approximate surface area is 204 Å². The van der Waals surface area contributed by atoms with Crippen LogP contribution in [0.2, 0.25) is 0 Å². The van der Waals surface area contributed by atoms with Crippen LogP contribution in [-0.4, -0.2) is 38.4 Å². The van der Waals surface area contributed by atoms with Crippen LogP contribution in [0.1, 0.15) is 19.4 Å². The van der Waals surface area contributed by atoms with E-state index >= 15 is 0 Å². The van der Waals surface area contributed by atoms with E-state index in [-0.39, 0.29) is 12.6 Å². The number of nitrogens with one attached hydrogen (secondary N) is 2. The average molecular weight is 476 g/mol. The van der Waals surface area contributed by atoms with E-state index in [1.165, 1.54) is 0 Å². The lowest BCUT2D eigenvalue weighted by Gasteiger charge is -2.17. The highest BCUT2D eigenvalue weighted by Gasteiger charge is 2.15. The Kier molecular flexibility index (Phi) is 7.10. The van der Waals surface area contributed by atoms with Gasteiger partial charge >= 0.3 is 6.09 Å². The molecule has 0 aliphatic carbocycles. The highest BCUT2D eigenvalue weighted by molar-refractivity contribution is 6.09. The number of benzene rings is 3. The lowest BCUT2D eigenvalue weighted by Crippen LogP contribution is -2.30. The quantitative estimate of drug-likeness (QED) is 0.312. The Morgan fingerprint density at radius 2 is 1.63 bits per heavy atom. The molecule has 182 valence electrons. The van der Waals surface area contributed by atoms with Gasteiger partial charge < -0.3 is 29.6 Å². The third-order valence-electron chi connectivity index (χ3n) is 5.46. The fourth-order valence-electron chi connectivity index (χ4n) is 3.82. The number of nitrogens with zero attached hydrogens (tertiary/aromatic N) is 1. The van der Waals surface area contributed by atoms with E-state index in [2.05, 4.69) is 10.6 Å². The summed E-state index contributed by atoms with van der Waals surface area (Å²) in [6, 6.07) is 17.3. The summed E-state index contributed by atoms with van der Waals surface area (Å²) in [7, 11) is 4.83. The van der Waals surface area contributed by atoms with Gasteiger partial charge in [0, 0.05) is 34.6 Å². The molecule has 8 nitrogen and oxygen atoms in total. The molecule has 0 bridgehead atoms. The van der Waals surface area contributed by atoms with Crippen LogP contribution in [0, 0.1) is 0 Å². The van der Waals surface area contributed by atoms with Gasteiger partial charge in [0.15, 0.2) is 11.5 Å². The molecule has 0 spiro atoms. The highest BCUT2D eigenvalue weighted by atomic mass is 16.5. The first-order chi connectivity index (χ1) is 16.9. The molecule has 3 aromatic carbocycles. The smallest absolute Gasteiger partial charge is 0.407 e. The number of fused-ring (bicyclic) bond motifs is 2. The maximum absolute atomic E-state index is 11.9. The van der Waals surface area contributed by atoms with Gasteiger partial charge in [-0.15, -0.1) is 0 Å². The molecule has 0 atom stereocenters. The van der Waals surface area contributed by atoms with Gasteiger partial charge in [-0.2, -0.15) is 0 Å². The summed E-state index contributed by atoms with van der Waals surface area (Å²) in [6.07, 6.45) is -0.445. The molecule has 35 heavy (non-hydrogen) atoms. The Morgan fingerprint density at radius 3 is 2.34 bits per heavy atom. The number of aromatic nitrogens is 1. The van der Waals surface area contributed by atoms with Crippen molar-refractivity contribution in [3.63, 3.8) is 0 Å². The third kappa shape index (κ3) is 5.32. The number of carbonyl (C=O) groups excluding carboxylic acids is 1. The summed E-state index contributed by atoms with van der Waals surface area (Å²) in [5.41, 5.74) is 4.09. The summed E-state index contributed by atoms with van der Waals surface area (Å²) >= 11 is 0. The van der Waals surface area contributed by atoms with Crippen LogP contribution in [0.25, 0.3) is 21.8 Å². The maximum atomic E-state index is 11.9. The van der Waals surface area contributed by atoms with Crippen molar-refractivity contribution in [2.75, 3.05) is 26.6 Å². The number of amides is 1. The van der Waals surface area contributed by atoms with Crippen molar-refractivity contribution in [2.45, 2.75) is 26.5 Å². The second kappa shape index (κ2) is 10.4. The number of methoxy groups -OCH3 is 3. The van der Waals surface area contributed by atoms with Gasteiger partial charge in [0.05, 0.1) is 38.1 Å². The van der Waals surface area contributed by atoms with Crippen molar-refractivity contribution in [1.82, 2.24) is 10.3 Å². The van der Waals surface area contributed by atoms with Gasteiger partial charge in [-0.3, -0.25) is 0 Å². The van der Waals surface area contributed by atoms with Crippen LogP contribution >= 0.6 is 0 Å². The van der Waals surface area contributed by atoms with Crippen molar-refractivity contribution in [1.29, 1.82) is 0 Å². The van der Waals surface area contributed by atoms with E-state index in [1.807, 2.05) is 68.4 Å². The molecule has 0 saturated heterocycles. The summed E-state index contributed by atoms with van der Waals surface area (Å²) in [6.45, 7) is 3.93. The number of anilines is 2. The van der Waals surface area contributed by atoms with E-state index in [4.69, 9.17) is 23.9 Å². The lowest BCUT2D eigenvalue weighted by atomic mass is 10.1. The van der Waals surface area contributed by atoms with Crippen LogP contribution in [0.15, 0.2) is 54.6 Å². The van der Waals surface area contributed by atoms with Gasteiger partial charge in [0.1, 0.15) is 12.4 Å². The van der Waals surface area contributed by atoms with Gasteiger partial charge in [-0.05, 0) is 49.7 Å². The van der Waals surface area contributed by atoms with Crippen LogP contribution in [-0.2, 0) is 11.3 Å². The monoisotopic (exact) mass is 475 g/mol. The number of hydrogen-bond donors (Lipinski definition) is 2. The Balaban J connectivity index is 1.76. The molecule has 2 N–H and O–H groups in total. The molecular weight excluding hydrogens is 446 g/mol. The summed E-state index contributed by atoms with van der Waals surface area (Å²) in [5, 5.41) is 8.06. The Bertz CT molecular complexity index is 1370. The number of hydrogen-bond acceptors (Lipinski definition) is 7. The van der Waals surface area contributed by atoms with E-state index in [9.17, 15) is 4.79 Å². The first-order valence-electron chi connectivity index (χ1n) is 11.2. The van der Waals surface area contributed by atoms with Crippen LogP contribution in [0.3, 0.4) is 0 Å². The zero-order valence-electron chi connectivity index (χ0n) is 20.5. The zero-order chi connectivity index (χ0) is 24.9. The predicted molar refractivity (Wildman–Crippen MR) is 137 cm³/mol. The van der Waals surface area contributed by atoms with Crippen molar-refractivity contribution >= 4 is 39.3 Å². The van der Waals surface area contributed by atoms with Gasteiger partial charge in [0.25, 0.3) is 0 Å². The number of carbonyl (C=O) groups is 1. The number of alkyl carbamates (subject to hydrolysis) is 1. The van der Waals surface area contributed by atoms with E-state index in [0.29, 0.717) is 11.5 Å². The third-order valence-corrected chi connectivity index (χ3v) is 5.46. The number of ether oxygens (including phenoxy) is 4. The molecule has 0 saturated carbocycles. The predicted octanol–water partition coefficient (Wildman–Crippen LogP) is 5.79. The van der Waals surface area contributed by atoms with Crippen LogP contribution < -0.4 is 24.8 Å². The van der Waals surface area contributed by atoms with E-state index in [0.717, 1.165) is 44.5 Å². The molecule has 1 aromatic heterocycles. The molecule has 1 heterocycles. The molecule has 1 amide bonds. The average Bonchev–Trinajstić information content (AvgIpc) is 2.86. The second-order valence-electron chi connectivity index (χ2n) is 8.29. The first-order valence-corrected chi connectivity index (χ1v) is 11.2. The minimum absolute atomic E-state index is 0.0120. The summed E-state index contributed by atoms with van der Waals surface area (Å²) in [5.74, 6) is 1.92. The molecular formula is C27H29N3O5. The van der Waals surface area contributed by atoms with Crippen molar-refractivity contribution < 1.29 is 23.7 Å². The summed E-state index contributed by atoms with van der Waals surface area (Å²) in [4.78, 5) is 16.7. The largest absolute Gasteiger partial charge is 0.497 e. The first kappa shape index (κ1) is 23.9. The van der Waals surface area contributed by atoms with Gasteiger partial charge in [0.2, 0.25) is 0 Å². The Morgan fingerprint density at radius 1 is 0.886 bits per heavy atom. The molecule has 0 radical (unpaired) electrons. The normalized spacial score (nSPS) is 10.9. The standard InChI is InChI=1S/C27H29N3O5/c1-16(2)28-27(31)35-15-17-7-6-8-18(11-17)29-26-20-10-9-19(32-3)12-22(20)30-23-14-25(34-5)24(33-4)13-21(23)26/h6-14,16H,15H2,1-5H3,(H,28,31)(H,29,30).